The Bertz CT molecular complexity index is 375. The number of hydrogen-bond donors (Lipinski definition) is 1. The molecule has 0 aliphatic rings. The van der Waals surface area contributed by atoms with Gasteiger partial charge < -0.3 is 15.2 Å². The Morgan fingerprint density at radius 2 is 1.87 bits per heavy atom. The molecule has 1 aromatic carbocycles. The SMILES string of the molecule is CC(=O)Oc1ccccc1OCC(N)=O. The number of benzene rings is 1. The molecule has 0 atom stereocenters. The summed E-state index contributed by atoms with van der Waals surface area (Å²) < 4.78 is 9.91. The second-order valence-electron chi connectivity index (χ2n) is 2.80. The van der Waals surface area contributed by atoms with Gasteiger partial charge in [0.25, 0.3) is 5.91 Å². The predicted molar refractivity (Wildman–Crippen MR) is 52.4 cm³/mol. The van der Waals surface area contributed by atoms with Crippen LogP contribution >= 0.6 is 0 Å². The van der Waals surface area contributed by atoms with Crippen molar-refractivity contribution in [2.45, 2.75) is 6.92 Å². The zero-order valence-electron chi connectivity index (χ0n) is 8.23. The monoisotopic (exact) mass is 209 g/mol. The molecule has 5 nitrogen and oxygen atoms in total. The molecule has 0 spiro atoms. The van der Waals surface area contributed by atoms with E-state index in [9.17, 15) is 9.59 Å². The van der Waals surface area contributed by atoms with Gasteiger partial charge >= 0.3 is 5.97 Å². The highest BCUT2D eigenvalue weighted by Crippen LogP contribution is 2.26. The summed E-state index contributed by atoms with van der Waals surface area (Å²) in [4.78, 5) is 21.2. The summed E-state index contributed by atoms with van der Waals surface area (Å²) in [5, 5.41) is 0. The number of nitrogens with two attached hydrogens (primary N) is 1. The Morgan fingerprint density at radius 1 is 1.27 bits per heavy atom. The zero-order chi connectivity index (χ0) is 11.3. The lowest BCUT2D eigenvalue weighted by Crippen LogP contribution is -2.20. The largest absolute Gasteiger partial charge is 0.480 e. The van der Waals surface area contributed by atoms with Crippen LogP contribution < -0.4 is 15.2 Å². The summed E-state index contributed by atoms with van der Waals surface area (Å²) in [5.74, 6) is -0.462. The van der Waals surface area contributed by atoms with E-state index in [2.05, 4.69) is 0 Å². The van der Waals surface area contributed by atoms with Crippen LogP contribution in [0.4, 0.5) is 0 Å². The highest BCUT2D eigenvalue weighted by atomic mass is 16.6. The minimum Gasteiger partial charge on any atom is -0.480 e. The van der Waals surface area contributed by atoms with Gasteiger partial charge in [-0.1, -0.05) is 12.1 Å². The Kier molecular flexibility index (Phi) is 3.68. The lowest BCUT2D eigenvalue weighted by atomic mass is 10.3. The lowest BCUT2D eigenvalue weighted by Gasteiger charge is -2.08. The minimum absolute atomic E-state index is 0.252. The molecule has 5 heteroatoms. The van der Waals surface area contributed by atoms with E-state index in [0.29, 0.717) is 5.75 Å². The van der Waals surface area contributed by atoms with Gasteiger partial charge in [-0.2, -0.15) is 0 Å². The fraction of sp³-hybridized carbons (Fsp3) is 0.200. The average Bonchev–Trinajstić information content (AvgIpc) is 2.15. The second-order valence-corrected chi connectivity index (χ2v) is 2.80. The van der Waals surface area contributed by atoms with Crippen LogP contribution in [0.3, 0.4) is 0 Å². The maximum absolute atomic E-state index is 10.7. The molecule has 2 N–H and O–H groups in total. The third-order valence-corrected chi connectivity index (χ3v) is 1.47. The van der Waals surface area contributed by atoms with Crippen LogP contribution in [0.5, 0.6) is 11.5 Å². The molecular weight excluding hydrogens is 198 g/mol. The molecule has 0 heterocycles. The van der Waals surface area contributed by atoms with Crippen LogP contribution in [0, 0.1) is 0 Å². The molecule has 0 radical (unpaired) electrons. The molecule has 0 unspecified atom stereocenters. The average molecular weight is 209 g/mol. The number of carbonyl (C=O) groups is 2. The summed E-state index contributed by atoms with van der Waals surface area (Å²) in [7, 11) is 0. The van der Waals surface area contributed by atoms with Gasteiger partial charge in [-0.05, 0) is 12.1 Å². The fourth-order valence-electron chi connectivity index (χ4n) is 0.957. The molecule has 1 rings (SSSR count). The Hall–Kier alpha value is -2.04. The van der Waals surface area contributed by atoms with E-state index in [-0.39, 0.29) is 12.4 Å². The molecule has 0 aliphatic heterocycles. The molecule has 1 aromatic rings. The number of primary amides is 1. The maximum atomic E-state index is 10.7. The summed E-state index contributed by atoms with van der Waals surface area (Å²) in [6, 6.07) is 6.54. The van der Waals surface area contributed by atoms with E-state index in [1.807, 2.05) is 0 Å². The molecule has 0 aromatic heterocycles. The number of rotatable bonds is 4. The van der Waals surface area contributed by atoms with Gasteiger partial charge in [0.15, 0.2) is 18.1 Å². The van der Waals surface area contributed by atoms with Crippen LogP contribution in [-0.2, 0) is 9.59 Å². The summed E-state index contributed by atoms with van der Waals surface area (Å²) >= 11 is 0. The highest BCUT2D eigenvalue weighted by Gasteiger charge is 2.07. The maximum Gasteiger partial charge on any atom is 0.308 e. The molecule has 0 fully saturated rings. The molecule has 0 saturated carbocycles. The Labute approximate surface area is 86.8 Å². The summed E-state index contributed by atoms with van der Waals surface area (Å²) in [6.07, 6.45) is 0. The Balaban J connectivity index is 2.76. The first kappa shape index (κ1) is 11.0. The molecular formula is C10H11NO4. The molecule has 0 saturated heterocycles. The van der Waals surface area contributed by atoms with Gasteiger partial charge in [-0.15, -0.1) is 0 Å². The quantitative estimate of drug-likeness (QED) is 0.577. The standard InChI is InChI=1S/C10H11NO4/c1-7(12)15-9-5-3-2-4-8(9)14-6-10(11)13/h2-5H,6H2,1H3,(H2,11,13). The predicted octanol–water partition coefficient (Wildman–Crippen LogP) is 0.476. The number of carbonyl (C=O) groups excluding carboxylic acids is 2. The van der Waals surface area contributed by atoms with Gasteiger partial charge in [-0.25, -0.2) is 0 Å². The van der Waals surface area contributed by atoms with E-state index >= 15 is 0 Å². The number of amides is 1. The van der Waals surface area contributed by atoms with Crippen molar-refractivity contribution in [2.24, 2.45) is 5.73 Å². The zero-order valence-corrected chi connectivity index (χ0v) is 8.23. The molecule has 1 amide bonds. The summed E-state index contributed by atoms with van der Waals surface area (Å²) in [6.45, 7) is 1.03. The van der Waals surface area contributed by atoms with Crippen molar-refractivity contribution in [3.8, 4) is 11.5 Å². The second kappa shape index (κ2) is 4.99. The van der Waals surface area contributed by atoms with Crippen LogP contribution in [-0.4, -0.2) is 18.5 Å². The van der Waals surface area contributed by atoms with Gasteiger partial charge in [0, 0.05) is 6.92 Å². The lowest BCUT2D eigenvalue weighted by molar-refractivity contribution is -0.132. The fourth-order valence-corrected chi connectivity index (χ4v) is 0.957. The van der Waals surface area contributed by atoms with Crippen molar-refractivity contribution in [3.63, 3.8) is 0 Å². The molecule has 0 aliphatic carbocycles. The normalized spacial score (nSPS) is 9.40. The van der Waals surface area contributed by atoms with Crippen molar-refractivity contribution in [1.29, 1.82) is 0 Å². The van der Waals surface area contributed by atoms with Crippen molar-refractivity contribution < 1.29 is 19.1 Å². The molecule has 80 valence electrons. The smallest absolute Gasteiger partial charge is 0.308 e. The van der Waals surface area contributed by atoms with Gasteiger partial charge in [0.1, 0.15) is 0 Å². The van der Waals surface area contributed by atoms with Crippen LogP contribution in [0.15, 0.2) is 24.3 Å². The van der Waals surface area contributed by atoms with Gasteiger partial charge in [-0.3, -0.25) is 9.59 Å². The third kappa shape index (κ3) is 3.68. The first-order valence-corrected chi connectivity index (χ1v) is 4.28. The van der Waals surface area contributed by atoms with Gasteiger partial charge in [0.05, 0.1) is 0 Å². The van der Waals surface area contributed by atoms with Gasteiger partial charge in [0.2, 0.25) is 0 Å². The third-order valence-electron chi connectivity index (χ3n) is 1.47. The van der Waals surface area contributed by atoms with Crippen LogP contribution in [0.25, 0.3) is 0 Å². The van der Waals surface area contributed by atoms with E-state index < -0.39 is 11.9 Å². The first-order valence-electron chi connectivity index (χ1n) is 4.28. The Morgan fingerprint density at radius 3 is 2.40 bits per heavy atom. The topological polar surface area (TPSA) is 78.6 Å². The molecule has 15 heavy (non-hydrogen) atoms. The summed E-state index contributed by atoms with van der Waals surface area (Å²) in [5.41, 5.74) is 4.92. The highest BCUT2D eigenvalue weighted by molar-refractivity contribution is 5.75. The number of hydrogen-bond acceptors (Lipinski definition) is 4. The van der Waals surface area contributed by atoms with E-state index in [0.717, 1.165) is 0 Å². The van der Waals surface area contributed by atoms with E-state index in [1.54, 1.807) is 24.3 Å². The van der Waals surface area contributed by atoms with Crippen molar-refractivity contribution in [1.82, 2.24) is 0 Å². The molecule has 0 bridgehead atoms. The van der Waals surface area contributed by atoms with Crippen LogP contribution in [0.1, 0.15) is 6.92 Å². The van der Waals surface area contributed by atoms with E-state index in [1.165, 1.54) is 6.92 Å². The first-order chi connectivity index (χ1) is 7.09. The minimum atomic E-state index is -0.590. The van der Waals surface area contributed by atoms with Crippen molar-refractivity contribution in [2.75, 3.05) is 6.61 Å². The number of para-hydroxylation sites is 2. The van der Waals surface area contributed by atoms with Crippen LogP contribution in [0.2, 0.25) is 0 Å². The van der Waals surface area contributed by atoms with Crippen molar-refractivity contribution >= 4 is 11.9 Å². The van der Waals surface area contributed by atoms with Crippen molar-refractivity contribution in [3.05, 3.63) is 24.3 Å². The number of esters is 1. The van der Waals surface area contributed by atoms with E-state index in [4.69, 9.17) is 15.2 Å². The number of ether oxygens (including phenoxy) is 2.